The van der Waals surface area contributed by atoms with Gasteiger partial charge in [-0.25, -0.2) is 0 Å². The third kappa shape index (κ3) is 6.32. The van der Waals surface area contributed by atoms with E-state index < -0.39 is 5.92 Å². The lowest BCUT2D eigenvalue weighted by Gasteiger charge is -2.23. The van der Waals surface area contributed by atoms with Crippen LogP contribution in [0.4, 0.5) is 0 Å². The van der Waals surface area contributed by atoms with Crippen molar-refractivity contribution in [2.24, 2.45) is 5.92 Å². The predicted molar refractivity (Wildman–Crippen MR) is 119 cm³/mol. The molecule has 160 valence electrons. The lowest BCUT2D eigenvalue weighted by molar-refractivity contribution is -0.146. The fourth-order valence-corrected chi connectivity index (χ4v) is 5.00. The largest absolute Gasteiger partial charge is 0.465 e. The van der Waals surface area contributed by atoms with Gasteiger partial charge in [-0.15, -0.1) is 11.8 Å². The summed E-state index contributed by atoms with van der Waals surface area (Å²) in [5.41, 5.74) is 1.95. The number of hydrogen-bond donors (Lipinski definition) is 1. The van der Waals surface area contributed by atoms with Crippen molar-refractivity contribution in [2.75, 3.05) is 46.9 Å². The van der Waals surface area contributed by atoms with Gasteiger partial charge in [0, 0.05) is 11.4 Å². The summed E-state index contributed by atoms with van der Waals surface area (Å²) in [5.74, 6) is -0.891. The smallest absolute Gasteiger partial charge is 0.316 e. The highest BCUT2D eigenvalue weighted by molar-refractivity contribution is 8.04. The Morgan fingerprint density at radius 2 is 1.76 bits per heavy atom. The Kier molecular flexibility index (Phi) is 9.20. The Bertz CT molecular complexity index is 717. The van der Waals surface area contributed by atoms with Crippen LogP contribution < -0.4 is 5.32 Å². The summed E-state index contributed by atoms with van der Waals surface area (Å²) in [6.07, 6.45) is 0. The molecule has 0 radical (unpaired) electrons. The van der Waals surface area contributed by atoms with E-state index in [4.69, 9.17) is 4.74 Å². The molecule has 6 nitrogen and oxygen atoms in total. The molecule has 1 aromatic rings. The van der Waals surface area contributed by atoms with E-state index in [-0.39, 0.29) is 17.3 Å². The second-order valence-electron chi connectivity index (χ2n) is 7.24. The first-order valence-electron chi connectivity index (χ1n) is 10.2. The van der Waals surface area contributed by atoms with Gasteiger partial charge in [-0.1, -0.05) is 44.2 Å². The minimum Gasteiger partial charge on any atom is -0.465 e. The van der Waals surface area contributed by atoms with Crippen molar-refractivity contribution < 1.29 is 14.3 Å². The number of carbonyl (C=O) groups is 2. The van der Waals surface area contributed by atoms with E-state index in [9.17, 15) is 9.59 Å². The summed E-state index contributed by atoms with van der Waals surface area (Å²) in [6.45, 7) is 8.83. The van der Waals surface area contributed by atoms with Crippen LogP contribution >= 0.6 is 11.8 Å². The molecule has 2 unspecified atom stereocenters. The number of ether oxygens (including phenoxy) is 1. The van der Waals surface area contributed by atoms with Crippen LogP contribution in [-0.2, 0) is 14.3 Å². The fraction of sp³-hybridized carbons (Fsp3) is 0.545. The molecule has 0 fully saturated rings. The molecule has 0 spiro atoms. The van der Waals surface area contributed by atoms with E-state index in [1.165, 1.54) is 0 Å². The molecule has 0 saturated heterocycles. The molecule has 7 heteroatoms. The summed E-state index contributed by atoms with van der Waals surface area (Å²) < 4.78 is 5.40. The predicted octanol–water partition coefficient (Wildman–Crippen LogP) is 2.67. The maximum atomic E-state index is 12.9. The van der Waals surface area contributed by atoms with E-state index in [0.29, 0.717) is 19.7 Å². The van der Waals surface area contributed by atoms with Crippen molar-refractivity contribution in [1.29, 1.82) is 0 Å². The average Bonchev–Trinajstić information content (AvgIpc) is 3.03. The van der Waals surface area contributed by atoms with Crippen molar-refractivity contribution in [3.63, 3.8) is 0 Å². The number of benzene rings is 1. The van der Waals surface area contributed by atoms with E-state index >= 15 is 0 Å². The van der Waals surface area contributed by atoms with Gasteiger partial charge in [0.05, 0.1) is 18.5 Å². The summed E-state index contributed by atoms with van der Waals surface area (Å²) in [4.78, 5) is 30.8. The monoisotopic (exact) mass is 419 g/mol. The van der Waals surface area contributed by atoms with E-state index in [1.807, 2.05) is 58.3 Å². The minimum atomic E-state index is -0.530. The Labute approximate surface area is 178 Å². The zero-order valence-electron chi connectivity index (χ0n) is 18.1. The molecule has 0 bridgehead atoms. The zero-order chi connectivity index (χ0) is 21.4. The number of nitrogens with zero attached hydrogens (tertiary/aromatic N) is 2. The summed E-state index contributed by atoms with van der Waals surface area (Å²) in [7, 11) is 4.00. The lowest BCUT2D eigenvalue weighted by Crippen LogP contribution is -2.44. The Morgan fingerprint density at radius 3 is 2.31 bits per heavy atom. The molecular formula is C22H33N3O3S. The van der Waals surface area contributed by atoms with Crippen LogP contribution in [0.1, 0.15) is 26.3 Å². The first-order valence-corrected chi connectivity index (χ1v) is 11.1. The second kappa shape index (κ2) is 11.4. The second-order valence-corrected chi connectivity index (χ2v) is 8.47. The Morgan fingerprint density at radius 1 is 1.10 bits per heavy atom. The van der Waals surface area contributed by atoms with E-state index in [0.717, 1.165) is 29.1 Å². The number of likely N-dealkylation sites (N-methyl/N-ethyl adjacent to an activating group) is 2. The molecule has 2 atom stereocenters. The molecule has 1 heterocycles. The van der Waals surface area contributed by atoms with Crippen molar-refractivity contribution >= 4 is 29.2 Å². The van der Waals surface area contributed by atoms with Crippen molar-refractivity contribution in [3.8, 4) is 0 Å². The first kappa shape index (κ1) is 23.4. The number of amides is 1. The van der Waals surface area contributed by atoms with Crippen molar-refractivity contribution in [2.45, 2.75) is 26.1 Å². The SMILES string of the molecule is CCOC(=O)C1C(c2ccccc2)=C(CN(C)C)SC1NC(=O)CN(CC)CC. The number of hydrogen-bond acceptors (Lipinski definition) is 6. The molecule has 2 rings (SSSR count). The third-order valence-corrected chi connectivity index (χ3v) is 6.11. The molecule has 1 amide bonds. The van der Waals surface area contributed by atoms with Crippen LogP contribution in [-0.4, -0.2) is 73.9 Å². The van der Waals surface area contributed by atoms with Gasteiger partial charge in [-0.05, 0) is 45.2 Å². The first-order chi connectivity index (χ1) is 13.9. The number of nitrogens with one attached hydrogen (secondary N) is 1. The highest BCUT2D eigenvalue weighted by atomic mass is 32.2. The molecule has 29 heavy (non-hydrogen) atoms. The Balaban J connectivity index is 2.35. The molecular weight excluding hydrogens is 386 g/mol. The maximum Gasteiger partial charge on any atom is 0.316 e. The Hall–Kier alpha value is -1.83. The molecule has 1 aliphatic heterocycles. The minimum absolute atomic E-state index is 0.0704. The highest BCUT2D eigenvalue weighted by Crippen LogP contribution is 2.46. The van der Waals surface area contributed by atoms with Crippen molar-refractivity contribution in [3.05, 3.63) is 40.8 Å². The average molecular weight is 420 g/mol. The molecule has 1 aromatic carbocycles. The van der Waals surface area contributed by atoms with Crippen LogP contribution in [0.5, 0.6) is 0 Å². The van der Waals surface area contributed by atoms with Crippen LogP contribution in [0.3, 0.4) is 0 Å². The van der Waals surface area contributed by atoms with Crippen LogP contribution in [0.15, 0.2) is 35.2 Å². The molecule has 0 aliphatic carbocycles. The normalized spacial score (nSPS) is 19.1. The van der Waals surface area contributed by atoms with Gasteiger partial charge < -0.3 is 15.0 Å². The number of thioether (sulfide) groups is 1. The van der Waals surface area contributed by atoms with Crippen molar-refractivity contribution in [1.82, 2.24) is 15.1 Å². The fourth-order valence-electron chi connectivity index (χ4n) is 3.42. The van der Waals surface area contributed by atoms with Gasteiger partial charge in [0.1, 0.15) is 5.92 Å². The standard InChI is InChI=1S/C22H33N3O3S/c1-6-25(7-2)15-18(26)23-21-20(22(27)28-8-3)19(16-12-10-9-11-13-16)17(29-21)14-24(4)5/h9-13,20-21H,6-8,14-15H2,1-5H3,(H,23,26). The summed E-state index contributed by atoms with van der Waals surface area (Å²) in [6, 6.07) is 9.92. The van der Waals surface area contributed by atoms with Gasteiger partial charge in [0.15, 0.2) is 0 Å². The van der Waals surface area contributed by atoms with Gasteiger partial charge in [0.2, 0.25) is 5.91 Å². The highest BCUT2D eigenvalue weighted by Gasteiger charge is 2.42. The number of carbonyl (C=O) groups excluding carboxylic acids is 2. The van der Waals surface area contributed by atoms with Crippen LogP contribution in [0.2, 0.25) is 0 Å². The topological polar surface area (TPSA) is 61.9 Å². The zero-order valence-corrected chi connectivity index (χ0v) is 18.9. The number of rotatable bonds is 10. The quantitative estimate of drug-likeness (QED) is 0.589. The molecule has 0 saturated carbocycles. The molecule has 1 N–H and O–H groups in total. The van der Waals surface area contributed by atoms with Gasteiger partial charge in [-0.2, -0.15) is 0 Å². The van der Waals surface area contributed by atoms with Crippen LogP contribution in [0, 0.1) is 5.92 Å². The van der Waals surface area contributed by atoms with Gasteiger partial charge in [-0.3, -0.25) is 14.5 Å². The third-order valence-electron chi connectivity index (χ3n) is 4.83. The van der Waals surface area contributed by atoms with Gasteiger partial charge >= 0.3 is 5.97 Å². The van der Waals surface area contributed by atoms with E-state index in [2.05, 4.69) is 15.1 Å². The summed E-state index contributed by atoms with van der Waals surface area (Å²) in [5, 5.41) is 2.72. The van der Waals surface area contributed by atoms with Gasteiger partial charge in [0.25, 0.3) is 0 Å². The summed E-state index contributed by atoms with van der Waals surface area (Å²) >= 11 is 1.56. The van der Waals surface area contributed by atoms with Crippen LogP contribution in [0.25, 0.3) is 5.57 Å². The molecule has 0 aromatic heterocycles. The number of esters is 1. The lowest BCUT2D eigenvalue weighted by atomic mass is 9.91. The molecule has 1 aliphatic rings. The van der Waals surface area contributed by atoms with E-state index in [1.54, 1.807) is 18.7 Å². The maximum absolute atomic E-state index is 12.9.